The first kappa shape index (κ1) is 19.0. The zero-order valence-electron chi connectivity index (χ0n) is 15.4. The molecule has 0 amide bonds. The molecule has 24 heavy (non-hydrogen) atoms. The van der Waals surface area contributed by atoms with Crippen LogP contribution in [-0.2, 0) is 11.3 Å². The lowest BCUT2D eigenvalue weighted by molar-refractivity contribution is -0.677. The van der Waals surface area contributed by atoms with Crippen molar-refractivity contribution in [2.75, 3.05) is 27.4 Å². The Kier molecular flexibility index (Phi) is 6.90. The molecule has 1 aliphatic heterocycles. The van der Waals surface area contributed by atoms with E-state index in [9.17, 15) is 5.11 Å². The Labute approximate surface area is 145 Å². The minimum absolute atomic E-state index is 0.0761. The lowest BCUT2D eigenvalue weighted by Gasteiger charge is -2.39. The third kappa shape index (κ3) is 4.85. The molecule has 1 saturated heterocycles. The van der Waals surface area contributed by atoms with Crippen LogP contribution in [0.15, 0.2) is 18.2 Å². The topological polar surface area (TPSA) is 64.5 Å². The fourth-order valence-corrected chi connectivity index (χ4v) is 3.37. The predicted molar refractivity (Wildman–Crippen MR) is 93.4 cm³/mol. The van der Waals surface area contributed by atoms with Crippen molar-refractivity contribution in [3.8, 4) is 11.5 Å². The highest BCUT2D eigenvalue weighted by atomic mass is 16.5. The van der Waals surface area contributed by atoms with Crippen LogP contribution in [0.3, 0.4) is 0 Å². The van der Waals surface area contributed by atoms with E-state index in [1.165, 1.54) is 0 Å². The van der Waals surface area contributed by atoms with Gasteiger partial charge < -0.3 is 24.6 Å². The van der Waals surface area contributed by atoms with Crippen molar-refractivity contribution in [1.82, 2.24) is 0 Å². The summed E-state index contributed by atoms with van der Waals surface area (Å²) >= 11 is 0. The van der Waals surface area contributed by atoms with Gasteiger partial charge in [0.1, 0.15) is 19.2 Å². The van der Waals surface area contributed by atoms with Crippen LogP contribution >= 0.6 is 0 Å². The van der Waals surface area contributed by atoms with E-state index in [1.807, 2.05) is 18.2 Å². The van der Waals surface area contributed by atoms with Gasteiger partial charge in [-0.1, -0.05) is 6.92 Å². The monoisotopic (exact) mass is 338 g/mol. The minimum atomic E-state index is -0.292. The molecule has 1 aromatic carbocycles. The molecule has 0 radical (unpaired) electrons. The van der Waals surface area contributed by atoms with Crippen molar-refractivity contribution >= 4 is 0 Å². The van der Waals surface area contributed by atoms with Crippen LogP contribution in [0.2, 0.25) is 0 Å². The molecule has 0 spiro atoms. The number of hydrogen-bond acceptors (Lipinski definition) is 4. The van der Waals surface area contributed by atoms with E-state index in [4.69, 9.17) is 14.2 Å². The molecule has 5 nitrogen and oxygen atoms in total. The van der Waals surface area contributed by atoms with Crippen LogP contribution in [0.4, 0.5) is 0 Å². The zero-order chi connectivity index (χ0) is 17.6. The van der Waals surface area contributed by atoms with Crippen molar-refractivity contribution < 1.29 is 24.6 Å². The average molecular weight is 338 g/mol. The maximum atomic E-state index is 10.5. The van der Waals surface area contributed by atoms with Crippen LogP contribution in [0.25, 0.3) is 0 Å². The van der Waals surface area contributed by atoms with Gasteiger partial charge in [0.25, 0.3) is 0 Å². The van der Waals surface area contributed by atoms with Crippen molar-refractivity contribution in [2.45, 2.75) is 51.4 Å². The molecule has 1 heterocycles. The van der Waals surface area contributed by atoms with Gasteiger partial charge in [-0.2, -0.15) is 0 Å². The molecule has 1 fully saturated rings. The van der Waals surface area contributed by atoms with Gasteiger partial charge in [-0.25, -0.2) is 0 Å². The van der Waals surface area contributed by atoms with Gasteiger partial charge in [0.15, 0.2) is 11.5 Å². The third-order valence-corrected chi connectivity index (χ3v) is 5.16. The summed E-state index contributed by atoms with van der Waals surface area (Å²) in [7, 11) is 3.28. The first-order valence-electron chi connectivity index (χ1n) is 8.86. The minimum Gasteiger partial charge on any atom is -0.493 e. The molecular weight excluding hydrogens is 306 g/mol. The Morgan fingerprint density at radius 3 is 2.75 bits per heavy atom. The van der Waals surface area contributed by atoms with Crippen LogP contribution in [0, 0.1) is 5.92 Å². The first-order chi connectivity index (χ1) is 11.5. The van der Waals surface area contributed by atoms with Crippen LogP contribution < -0.4 is 14.8 Å². The summed E-state index contributed by atoms with van der Waals surface area (Å²) < 4.78 is 16.5. The number of rotatable bonds is 8. The molecule has 0 unspecified atom stereocenters. The standard InChI is InChI=1S/C19H31NO4/c1-5-19(2)11-15(8-9-24-19)16(21)13-20-12-14-6-7-17(22-3)18(10-14)23-4/h6-7,10,15-16,20-21H,5,8-9,11-13H2,1-4H3/p+1/t15-,16+,19-/m0/s1. The van der Waals surface area contributed by atoms with Crippen molar-refractivity contribution in [1.29, 1.82) is 0 Å². The second kappa shape index (κ2) is 8.70. The molecule has 0 saturated carbocycles. The van der Waals surface area contributed by atoms with Gasteiger partial charge in [-0.3, -0.25) is 0 Å². The Morgan fingerprint density at radius 2 is 2.08 bits per heavy atom. The summed E-state index contributed by atoms with van der Waals surface area (Å²) in [6, 6.07) is 5.95. The van der Waals surface area contributed by atoms with E-state index in [0.29, 0.717) is 12.5 Å². The number of methoxy groups -OCH3 is 2. The highest BCUT2D eigenvalue weighted by Crippen LogP contribution is 2.33. The van der Waals surface area contributed by atoms with E-state index in [1.54, 1.807) is 14.2 Å². The molecule has 3 N–H and O–H groups in total. The normalized spacial score (nSPS) is 25.3. The lowest BCUT2D eigenvalue weighted by Crippen LogP contribution is -2.85. The maximum Gasteiger partial charge on any atom is 0.161 e. The Hall–Kier alpha value is -1.30. The number of nitrogens with two attached hydrogens (primary N) is 1. The molecular formula is C19H32NO4+. The zero-order valence-corrected chi connectivity index (χ0v) is 15.4. The predicted octanol–water partition coefficient (Wildman–Crippen LogP) is 1.72. The van der Waals surface area contributed by atoms with E-state index in [-0.39, 0.29) is 11.7 Å². The van der Waals surface area contributed by atoms with Crippen LogP contribution in [0.5, 0.6) is 11.5 Å². The Morgan fingerprint density at radius 1 is 1.33 bits per heavy atom. The summed E-state index contributed by atoms with van der Waals surface area (Å²) in [4.78, 5) is 0. The van der Waals surface area contributed by atoms with E-state index < -0.39 is 0 Å². The van der Waals surface area contributed by atoms with Gasteiger partial charge in [-0.15, -0.1) is 0 Å². The van der Waals surface area contributed by atoms with E-state index in [2.05, 4.69) is 19.2 Å². The van der Waals surface area contributed by atoms with E-state index >= 15 is 0 Å². The SMILES string of the molecule is CC[C@@]1(C)C[C@@H]([C@H](O)C[NH2+]Cc2ccc(OC)c(OC)c2)CCO1. The number of ether oxygens (including phenoxy) is 3. The van der Waals surface area contributed by atoms with Crippen molar-refractivity contribution in [3.05, 3.63) is 23.8 Å². The van der Waals surface area contributed by atoms with Crippen LogP contribution in [0.1, 0.15) is 38.7 Å². The average Bonchev–Trinajstić information content (AvgIpc) is 2.61. The lowest BCUT2D eigenvalue weighted by atomic mass is 9.82. The summed E-state index contributed by atoms with van der Waals surface area (Å²) in [5.74, 6) is 1.81. The highest BCUT2D eigenvalue weighted by Gasteiger charge is 2.35. The molecule has 3 atom stereocenters. The highest BCUT2D eigenvalue weighted by molar-refractivity contribution is 5.42. The fraction of sp³-hybridized carbons (Fsp3) is 0.684. The quantitative estimate of drug-likeness (QED) is 0.758. The summed E-state index contributed by atoms with van der Waals surface area (Å²) in [5, 5.41) is 12.7. The molecule has 0 aliphatic carbocycles. The van der Waals surface area contributed by atoms with Gasteiger partial charge >= 0.3 is 0 Å². The van der Waals surface area contributed by atoms with Crippen molar-refractivity contribution in [2.24, 2.45) is 5.92 Å². The Bertz CT molecular complexity index is 522. The maximum absolute atomic E-state index is 10.5. The first-order valence-corrected chi connectivity index (χ1v) is 8.86. The third-order valence-electron chi connectivity index (χ3n) is 5.16. The van der Waals surface area contributed by atoms with Crippen molar-refractivity contribution in [3.63, 3.8) is 0 Å². The number of quaternary nitrogens is 1. The molecule has 0 aromatic heterocycles. The second-order valence-electron chi connectivity index (χ2n) is 6.89. The summed E-state index contributed by atoms with van der Waals surface area (Å²) in [6.45, 7) is 6.57. The van der Waals surface area contributed by atoms with Gasteiger partial charge in [0.2, 0.25) is 0 Å². The fourth-order valence-electron chi connectivity index (χ4n) is 3.37. The Balaban J connectivity index is 1.83. The molecule has 0 bridgehead atoms. The summed E-state index contributed by atoms with van der Waals surface area (Å²) in [5.41, 5.74) is 1.08. The second-order valence-corrected chi connectivity index (χ2v) is 6.89. The number of benzene rings is 1. The summed E-state index contributed by atoms with van der Waals surface area (Å²) in [6.07, 6.45) is 2.58. The smallest absolute Gasteiger partial charge is 0.161 e. The molecule has 2 rings (SSSR count). The number of hydrogen-bond donors (Lipinski definition) is 2. The van der Waals surface area contributed by atoms with E-state index in [0.717, 1.165) is 49.5 Å². The van der Waals surface area contributed by atoms with Crippen LogP contribution in [-0.4, -0.2) is 44.2 Å². The molecule has 136 valence electrons. The van der Waals surface area contributed by atoms with Gasteiger partial charge in [-0.05, 0) is 50.3 Å². The number of aliphatic hydroxyl groups is 1. The largest absolute Gasteiger partial charge is 0.493 e. The number of aliphatic hydroxyl groups excluding tert-OH is 1. The molecule has 1 aliphatic rings. The van der Waals surface area contributed by atoms with Gasteiger partial charge in [0, 0.05) is 12.2 Å². The van der Waals surface area contributed by atoms with Gasteiger partial charge in [0.05, 0.1) is 19.8 Å². The molecule has 5 heteroatoms. The molecule has 1 aromatic rings.